The highest BCUT2D eigenvalue weighted by Crippen LogP contribution is 2.42. The molecule has 0 bridgehead atoms. The van der Waals surface area contributed by atoms with Gasteiger partial charge < -0.3 is 10.2 Å². The maximum atomic E-state index is 13.7. The molecule has 1 aliphatic rings. The van der Waals surface area contributed by atoms with Gasteiger partial charge in [0.1, 0.15) is 0 Å². The van der Waals surface area contributed by atoms with Gasteiger partial charge in [-0.15, -0.1) is 0 Å². The summed E-state index contributed by atoms with van der Waals surface area (Å²) in [6, 6.07) is 32.2. The van der Waals surface area contributed by atoms with E-state index in [9.17, 15) is 9.59 Å². The van der Waals surface area contributed by atoms with Crippen molar-refractivity contribution in [3.8, 4) is 0 Å². The number of anilines is 1. The summed E-state index contributed by atoms with van der Waals surface area (Å²) in [4.78, 5) is 30.3. The van der Waals surface area contributed by atoms with Crippen LogP contribution in [0.2, 0.25) is 0 Å². The van der Waals surface area contributed by atoms with Crippen molar-refractivity contribution in [1.29, 1.82) is 0 Å². The number of fused-ring (bicyclic) bond motifs is 1. The Labute approximate surface area is 241 Å². The third-order valence-corrected chi connectivity index (χ3v) is 8.37. The summed E-state index contributed by atoms with van der Waals surface area (Å²) < 4.78 is 0. The van der Waals surface area contributed by atoms with E-state index >= 15 is 0 Å². The lowest BCUT2D eigenvalue weighted by Crippen LogP contribution is -2.35. The number of nitrogens with one attached hydrogen (secondary N) is 1. The van der Waals surface area contributed by atoms with E-state index in [0.717, 1.165) is 34.6 Å². The molecule has 40 heavy (non-hydrogen) atoms. The molecule has 4 aromatic carbocycles. The molecule has 2 amide bonds. The third-order valence-electron chi connectivity index (χ3n) is 7.29. The molecule has 4 nitrogen and oxygen atoms in total. The van der Waals surface area contributed by atoms with E-state index in [4.69, 9.17) is 0 Å². The number of benzene rings is 4. The highest BCUT2D eigenvalue weighted by atomic mass is 32.2. The molecular formula is C35H34N2O2S. The fraction of sp³-hybridized carbons (Fsp3) is 0.200. The van der Waals surface area contributed by atoms with Gasteiger partial charge in [0, 0.05) is 16.5 Å². The van der Waals surface area contributed by atoms with Crippen LogP contribution in [0.3, 0.4) is 0 Å². The number of hydrogen-bond donors (Lipinski definition) is 1. The number of rotatable bonds is 8. The van der Waals surface area contributed by atoms with Crippen LogP contribution in [0.15, 0.2) is 107 Å². The topological polar surface area (TPSA) is 49.4 Å². The minimum Gasteiger partial charge on any atom is -0.349 e. The van der Waals surface area contributed by atoms with E-state index in [0.29, 0.717) is 17.0 Å². The van der Waals surface area contributed by atoms with E-state index in [2.05, 4.69) is 62.5 Å². The number of amides is 2. The van der Waals surface area contributed by atoms with Crippen LogP contribution >= 0.6 is 11.8 Å². The van der Waals surface area contributed by atoms with Crippen molar-refractivity contribution in [2.24, 2.45) is 0 Å². The molecule has 5 heteroatoms. The van der Waals surface area contributed by atoms with Gasteiger partial charge in [-0.25, -0.2) is 0 Å². The number of aryl methyl sites for hydroxylation is 2. The fourth-order valence-corrected chi connectivity index (χ4v) is 5.97. The molecular weight excluding hydrogens is 512 g/mol. The zero-order valence-electron chi connectivity index (χ0n) is 23.2. The molecule has 0 spiro atoms. The number of thioether (sulfide) groups is 1. The lowest BCUT2D eigenvalue weighted by Gasteiger charge is -2.31. The first-order chi connectivity index (χ1) is 19.4. The van der Waals surface area contributed by atoms with Gasteiger partial charge in [0.15, 0.2) is 0 Å². The van der Waals surface area contributed by atoms with Crippen LogP contribution in [0.5, 0.6) is 0 Å². The molecule has 4 aromatic rings. The first kappa shape index (κ1) is 27.5. The Hall–Kier alpha value is -4.09. The van der Waals surface area contributed by atoms with E-state index in [1.54, 1.807) is 0 Å². The van der Waals surface area contributed by atoms with E-state index in [1.807, 2.05) is 71.6 Å². The van der Waals surface area contributed by atoms with Gasteiger partial charge in [-0.05, 0) is 79.3 Å². The molecule has 1 N–H and O–H groups in total. The molecule has 0 fully saturated rings. The van der Waals surface area contributed by atoms with Crippen LogP contribution in [-0.4, -0.2) is 17.9 Å². The average Bonchev–Trinajstić information content (AvgIpc) is 2.97. The molecule has 1 atom stereocenters. The number of carbonyl (C=O) groups is 2. The Balaban J connectivity index is 1.33. The van der Waals surface area contributed by atoms with Crippen molar-refractivity contribution >= 4 is 35.3 Å². The van der Waals surface area contributed by atoms with Crippen LogP contribution in [0.25, 0.3) is 6.08 Å². The van der Waals surface area contributed by atoms with Crippen LogP contribution in [0.4, 0.5) is 5.69 Å². The first-order valence-corrected chi connectivity index (χ1v) is 14.5. The zero-order valence-corrected chi connectivity index (χ0v) is 24.0. The average molecular weight is 547 g/mol. The molecule has 1 aliphatic heterocycles. The summed E-state index contributed by atoms with van der Waals surface area (Å²) in [6.07, 6.45) is 3.57. The fourth-order valence-electron chi connectivity index (χ4n) is 4.91. The molecule has 1 heterocycles. The highest BCUT2D eigenvalue weighted by Gasteiger charge is 2.29. The van der Waals surface area contributed by atoms with Crippen molar-refractivity contribution in [2.45, 2.75) is 51.1 Å². The van der Waals surface area contributed by atoms with E-state index in [1.165, 1.54) is 28.5 Å². The Morgan fingerprint density at radius 2 is 1.65 bits per heavy atom. The maximum absolute atomic E-state index is 13.7. The lowest BCUT2D eigenvalue weighted by molar-refractivity contribution is -0.114. The summed E-state index contributed by atoms with van der Waals surface area (Å²) in [7, 11) is 0. The van der Waals surface area contributed by atoms with Gasteiger partial charge >= 0.3 is 0 Å². The van der Waals surface area contributed by atoms with Gasteiger partial charge in [0.2, 0.25) is 0 Å². The number of hydrogen-bond acceptors (Lipinski definition) is 3. The van der Waals surface area contributed by atoms with Crippen LogP contribution in [0, 0.1) is 13.8 Å². The minimum atomic E-state index is -0.0845. The molecule has 0 aromatic heterocycles. The Kier molecular flexibility index (Phi) is 8.51. The summed E-state index contributed by atoms with van der Waals surface area (Å²) >= 11 is 1.49. The molecule has 0 unspecified atom stereocenters. The largest absolute Gasteiger partial charge is 0.349 e. The second-order valence-electron chi connectivity index (χ2n) is 10.3. The van der Waals surface area contributed by atoms with Gasteiger partial charge in [-0.2, -0.15) is 0 Å². The monoisotopic (exact) mass is 546 g/mol. The molecule has 202 valence electrons. The van der Waals surface area contributed by atoms with Gasteiger partial charge in [-0.3, -0.25) is 9.59 Å². The number of carbonyl (C=O) groups excluding carboxylic acids is 2. The second kappa shape index (κ2) is 12.4. The van der Waals surface area contributed by atoms with Gasteiger partial charge in [-0.1, -0.05) is 97.0 Å². The van der Waals surface area contributed by atoms with E-state index < -0.39 is 0 Å². The summed E-state index contributed by atoms with van der Waals surface area (Å²) in [5, 5.41) is 3.17. The highest BCUT2D eigenvalue weighted by molar-refractivity contribution is 8.04. The van der Waals surface area contributed by atoms with Crippen molar-refractivity contribution in [3.05, 3.63) is 135 Å². The van der Waals surface area contributed by atoms with Crippen LogP contribution < -0.4 is 10.2 Å². The summed E-state index contributed by atoms with van der Waals surface area (Å²) in [5.41, 5.74) is 7.12. The van der Waals surface area contributed by atoms with Gasteiger partial charge in [0.25, 0.3) is 11.8 Å². The van der Waals surface area contributed by atoms with Crippen molar-refractivity contribution in [3.63, 3.8) is 0 Å². The first-order valence-electron chi connectivity index (χ1n) is 13.7. The van der Waals surface area contributed by atoms with Crippen LogP contribution in [0.1, 0.15) is 51.5 Å². The maximum Gasteiger partial charge on any atom is 0.265 e. The van der Waals surface area contributed by atoms with Crippen molar-refractivity contribution in [1.82, 2.24) is 5.32 Å². The predicted molar refractivity (Wildman–Crippen MR) is 166 cm³/mol. The number of nitrogens with zero attached hydrogens (tertiary/aromatic N) is 1. The molecule has 5 rings (SSSR count). The molecule has 0 saturated carbocycles. The predicted octanol–water partition coefficient (Wildman–Crippen LogP) is 7.73. The Bertz CT molecular complexity index is 1540. The number of para-hydroxylation sites is 1. The second-order valence-corrected chi connectivity index (χ2v) is 11.4. The Morgan fingerprint density at radius 1 is 0.925 bits per heavy atom. The van der Waals surface area contributed by atoms with Crippen molar-refractivity contribution < 1.29 is 9.59 Å². The smallest absolute Gasteiger partial charge is 0.265 e. The SMILES string of the molecule is CC[C@H](Cc1ccccc1)NC(=O)c1ccc(/C=C2\Sc3ccccc3N(Cc3cc(C)ccc3C)C2=O)cc1. The lowest BCUT2D eigenvalue weighted by atomic mass is 10.0. The summed E-state index contributed by atoms with van der Waals surface area (Å²) in [5.74, 6) is -0.100. The van der Waals surface area contributed by atoms with Crippen LogP contribution in [-0.2, 0) is 17.8 Å². The quantitative estimate of drug-likeness (QED) is 0.230. The molecule has 0 saturated heterocycles. The minimum absolute atomic E-state index is 0.0156. The molecule has 0 radical (unpaired) electrons. The summed E-state index contributed by atoms with van der Waals surface area (Å²) in [6.45, 7) is 6.76. The van der Waals surface area contributed by atoms with Crippen molar-refractivity contribution in [2.75, 3.05) is 4.90 Å². The van der Waals surface area contributed by atoms with Gasteiger partial charge in [0.05, 0.1) is 17.1 Å². The standard InChI is InChI=1S/C35H34N2O2S/c1-4-30(21-26-10-6-5-7-11-26)36-34(38)28-18-16-27(17-19-28)22-33-35(39)37(31-12-8-9-13-32(31)40-33)23-29-20-24(2)14-15-25(29)3/h5-20,22,30H,4,21,23H2,1-3H3,(H,36,38)/b33-22-/t30-/m1/s1. The van der Waals surface area contributed by atoms with E-state index in [-0.39, 0.29) is 17.9 Å². The zero-order chi connectivity index (χ0) is 28.1. The Morgan fingerprint density at radius 3 is 2.40 bits per heavy atom. The third kappa shape index (κ3) is 6.37. The normalized spacial score (nSPS) is 14.6. The molecule has 0 aliphatic carbocycles.